The van der Waals surface area contributed by atoms with Gasteiger partial charge in [-0.3, -0.25) is 19.2 Å². The molecule has 0 saturated carbocycles. The summed E-state index contributed by atoms with van der Waals surface area (Å²) in [6, 6.07) is 2.80. The lowest BCUT2D eigenvalue weighted by Crippen LogP contribution is -2.62. The molecular weight excluding hydrogens is 472 g/mol. The topological polar surface area (TPSA) is 207 Å². The number of primary amides is 1. The number of allylic oxidation sites excluding steroid dienone is 1. The van der Waals surface area contributed by atoms with Crippen LogP contribution in [0.4, 0.5) is 5.69 Å². The Hall–Kier alpha value is -3.41. The zero-order chi connectivity index (χ0) is 25.3. The molecule has 11 nitrogen and oxygen atoms in total. The van der Waals surface area contributed by atoms with Crippen LogP contribution < -0.4 is 11.1 Å². The van der Waals surface area contributed by atoms with Crippen LogP contribution >= 0.6 is 11.6 Å². The lowest BCUT2D eigenvalue weighted by atomic mass is 9.56. The van der Waals surface area contributed by atoms with Crippen LogP contribution in [-0.4, -0.2) is 66.5 Å². The van der Waals surface area contributed by atoms with Gasteiger partial charge in [-0.05, 0) is 17.5 Å². The zero-order valence-electron chi connectivity index (χ0n) is 17.7. The average molecular weight is 493 g/mol. The standard InChI is InChI=1S/C22H21ClN2O9/c1-6-7-2-3-9(25-11(27)5-23)17(29)13(7)18(30)15-12(6)16(28)8-4-10(26)14(21(24)33)19(31)22(8,34)20(15)32/h2-3,6,8,12,16,26,28-29,32,34H,4-5H2,1H3,(H2,24,33)(H,25,27)/t6-,8?,12?,16+,22+/m0/s1. The number of phenols is 1. The molecule has 12 heteroatoms. The fourth-order valence-electron chi connectivity index (χ4n) is 5.28. The fraction of sp³-hybridized carbons (Fsp3) is 0.364. The Morgan fingerprint density at radius 3 is 2.47 bits per heavy atom. The second-order valence-corrected chi connectivity index (χ2v) is 8.86. The quantitative estimate of drug-likeness (QED) is 0.175. The number of Topliss-reactive ketones (excluding diaryl/α,β-unsaturated/α-hetero) is 2. The SMILES string of the molecule is C[C@H]1c2ccc(NC(=O)CCl)c(O)c2C(=O)C2=C(O)[C@]3(O)C(=O)C(C(N)=O)=C(O)CC3[C@@H](O)C21. The van der Waals surface area contributed by atoms with Crippen molar-refractivity contribution in [1.82, 2.24) is 0 Å². The van der Waals surface area contributed by atoms with Crippen molar-refractivity contribution in [1.29, 1.82) is 0 Å². The maximum Gasteiger partial charge on any atom is 0.255 e. The number of halogens is 1. The second kappa shape index (κ2) is 7.83. The molecule has 1 aromatic carbocycles. The van der Waals surface area contributed by atoms with Crippen LogP contribution in [0, 0.1) is 11.8 Å². The van der Waals surface area contributed by atoms with Crippen molar-refractivity contribution in [2.75, 3.05) is 11.2 Å². The van der Waals surface area contributed by atoms with Gasteiger partial charge in [-0.2, -0.15) is 0 Å². The summed E-state index contributed by atoms with van der Waals surface area (Å²) in [7, 11) is 0. The summed E-state index contributed by atoms with van der Waals surface area (Å²) < 4.78 is 0. The molecule has 2 unspecified atom stereocenters. The van der Waals surface area contributed by atoms with Crippen molar-refractivity contribution >= 4 is 40.7 Å². The molecule has 0 bridgehead atoms. The molecule has 0 radical (unpaired) electrons. The number of rotatable bonds is 3. The fourth-order valence-corrected chi connectivity index (χ4v) is 5.35. The summed E-state index contributed by atoms with van der Waals surface area (Å²) in [6.07, 6.45) is -2.17. The van der Waals surface area contributed by atoms with Gasteiger partial charge in [0, 0.05) is 23.8 Å². The molecule has 2 amide bonds. The van der Waals surface area contributed by atoms with E-state index >= 15 is 0 Å². The van der Waals surface area contributed by atoms with Gasteiger partial charge in [0.1, 0.15) is 23.0 Å². The smallest absolute Gasteiger partial charge is 0.255 e. The number of fused-ring (bicyclic) bond motifs is 3. The number of carbonyl (C=O) groups excluding carboxylic acids is 4. The number of phenolic OH excluding ortho intramolecular Hbond substituents is 1. The van der Waals surface area contributed by atoms with Crippen LogP contribution in [0.25, 0.3) is 0 Å². The van der Waals surface area contributed by atoms with Crippen molar-refractivity contribution in [3.8, 4) is 5.75 Å². The van der Waals surface area contributed by atoms with Gasteiger partial charge in [0.15, 0.2) is 17.1 Å². The summed E-state index contributed by atoms with van der Waals surface area (Å²) >= 11 is 5.47. The predicted molar refractivity (Wildman–Crippen MR) is 116 cm³/mol. The number of amides is 2. The number of aromatic hydroxyl groups is 1. The molecule has 5 atom stereocenters. The van der Waals surface area contributed by atoms with Gasteiger partial charge >= 0.3 is 0 Å². The number of benzene rings is 1. The van der Waals surface area contributed by atoms with Gasteiger partial charge in [0.2, 0.25) is 11.7 Å². The Morgan fingerprint density at radius 2 is 1.88 bits per heavy atom. The highest BCUT2D eigenvalue weighted by molar-refractivity contribution is 6.29. The number of aliphatic hydroxyl groups is 4. The molecule has 1 aromatic rings. The van der Waals surface area contributed by atoms with Gasteiger partial charge in [0.25, 0.3) is 5.91 Å². The number of aliphatic hydroxyl groups excluding tert-OH is 3. The third kappa shape index (κ3) is 2.97. The highest BCUT2D eigenvalue weighted by Crippen LogP contribution is 2.55. The summed E-state index contributed by atoms with van der Waals surface area (Å²) in [5.74, 6) is -10.6. The molecule has 0 fully saturated rings. The van der Waals surface area contributed by atoms with E-state index in [2.05, 4.69) is 5.32 Å². The van der Waals surface area contributed by atoms with E-state index in [-0.39, 0.29) is 16.8 Å². The lowest BCUT2D eigenvalue weighted by molar-refractivity contribution is -0.154. The van der Waals surface area contributed by atoms with Gasteiger partial charge in [-0.15, -0.1) is 11.6 Å². The van der Waals surface area contributed by atoms with Gasteiger partial charge < -0.3 is 36.6 Å². The minimum Gasteiger partial charge on any atom is -0.511 e. The number of hydrogen-bond donors (Lipinski definition) is 7. The van der Waals surface area contributed by atoms with E-state index in [4.69, 9.17) is 17.3 Å². The third-order valence-corrected chi connectivity index (χ3v) is 7.14. The number of nitrogens with one attached hydrogen (secondary N) is 1. The molecule has 4 rings (SSSR count). The number of nitrogens with two attached hydrogens (primary N) is 1. The van der Waals surface area contributed by atoms with Gasteiger partial charge in [-0.25, -0.2) is 0 Å². The Balaban J connectivity index is 1.94. The minimum absolute atomic E-state index is 0.131. The van der Waals surface area contributed by atoms with Crippen LogP contribution in [-0.2, 0) is 14.4 Å². The number of anilines is 1. The van der Waals surface area contributed by atoms with Crippen LogP contribution in [0.15, 0.2) is 34.8 Å². The van der Waals surface area contributed by atoms with Gasteiger partial charge in [0.05, 0.1) is 17.4 Å². The van der Waals surface area contributed by atoms with Crippen LogP contribution in [0.2, 0.25) is 0 Å². The number of hydrogen-bond acceptors (Lipinski definition) is 9. The highest BCUT2D eigenvalue weighted by atomic mass is 35.5. The molecule has 0 aliphatic heterocycles. The average Bonchev–Trinajstić information content (AvgIpc) is 2.77. The monoisotopic (exact) mass is 492 g/mol. The Bertz CT molecular complexity index is 1240. The summed E-state index contributed by atoms with van der Waals surface area (Å²) in [5.41, 5.74) is 0.627. The minimum atomic E-state index is -2.91. The summed E-state index contributed by atoms with van der Waals surface area (Å²) in [5, 5.41) is 56.7. The number of ketones is 2. The molecule has 3 aliphatic carbocycles. The van der Waals surface area contributed by atoms with Crippen LogP contribution in [0.5, 0.6) is 5.75 Å². The first-order chi connectivity index (χ1) is 15.9. The molecule has 0 heterocycles. The van der Waals surface area contributed by atoms with E-state index in [1.165, 1.54) is 12.1 Å². The Kier molecular flexibility index (Phi) is 5.46. The van der Waals surface area contributed by atoms with E-state index in [0.717, 1.165) is 0 Å². The van der Waals surface area contributed by atoms with Crippen molar-refractivity contribution in [2.24, 2.45) is 17.6 Å². The van der Waals surface area contributed by atoms with Crippen molar-refractivity contribution in [3.63, 3.8) is 0 Å². The maximum absolute atomic E-state index is 13.5. The molecule has 3 aliphatic rings. The zero-order valence-corrected chi connectivity index (χ0v) is 18.5. The maximum atomic E-state index is 13.5. The molecule has 180 valence electrons. The highest BCUT2D eigenvalue weighted by Gasteiger charge is 2.64. The summed E-state index contributed by atoms with van der Waals surface area (Å²) in [4.78, 5) is 49.8. The van der Waals surface area contributed by atoms with Crippen LogP contribution in [0.1, 0.15) is 35.2 Å². The number of carbonyl (C=O) groups is 4. The van der Waals surface area contributed by atoms with E-state index in [9.17, 15) is 44.7 Å². The largest absolute Gasteiger partial charge is 0.511 e. The first kappa shape index (κ1) is 23.7. The molecule has 0 spiro atoms. The second-order valence-electron chi connectivity index (χ2n) is 8.60. The predicted octanol–water partition coefficient (Wildman–Crippen LogP) is 0.290. The first-order valence-corrected chi connectivity index (χ1v) is 10.8. The molecule has 0 aromatic heterocycles. The molecule has 8 N–H and O–H groups in total. The van der Waals surface area contributed by atoms with Crippen LogP contribution in [0.3, 0.4) is 0 Å². The Labute approximate surface area is 197 Å². The lowest BCUT2D eigenvalue weighted by Gasteiger charge is -2.50. The summed E-state index contributed by atoms with van der Waals surface area (Å²) in [6.45, 7) is 1.60. The van der Waals surface area contributed by atoms with Crippen molar-refractivity contribution < 1.29 is 44.7 Å². The molecule has 34 heavy (non-hydrogen) atoms. The molecular formula is C22H21ClN2O9. The first-order valence-electron chi connectivity index (χ1n) is 10.2. The van der Waals surface area contributed by atoms with E-state index in [0.29, 0.717) is 0 Å². The van der Waals surface area contributed by atoms with Crippen molar-refractivity contribution in [2.45, 2.75) is 31.0 Å². The Morgan fingerprint density at radius 1 is 1.24 bits per heavy atom. The van der Waals surface area contributed by atoms with Gasteiger partial charge in [-0.1, -0.05) is 13.0 Å². The van der Waals surface area contributed by atoms with Crippen molar-refractivity contribution in [3.05, 3.63) is 45.9 Å². The van der Waals surface area contributed by atoms with E-state index in [1.807, 2.05) is 0 Å². The molecule has 0 saturated heterocycles. The normalized spacial score (nSPS) is 30.5. The van der Waals surface area contributed by atoms with E-state index < -0.39 is 93.6 Å². The number of alkyl halides is 1. The third-order valence-electron chi connectivity index (χ3n) is 6.89. The van der Waals surface area contributed by atoms with E-state index in [1.54, 1.807) is 6.92 Å².